The molecular weight excluding hydrogens is 380 g/mol. The van der Waals surface area contributed by atoms with Crippen molar-refractivity contribution in [1.82, 2.24) is 0 Å². The van der Waals surface area contributed by atoms with Crippen LogP contribution < -0.4 is 0 Å². The highest BCUT2D eigenvalue weighted by Gasteiger charge is 2.60. The van der Waals surface area contributed by atoms with E-state index >= 15 is 0 Å². The molecule has 0 radical (unpaired) electrons. The van der Waals surface area contributed by atoms with Crippen molar-refractivity contribution in [3.05, 3.63) is 11.6 Å². The van der Waals surface area contributed by atoms with Gasteiger partial charge in [0.25, 0.3) is 0 Å². The molecule has 3 saturated carbocycles. The number of carbonyl (C=O) groups is 2. The van der Waals surface area contributed by atoms with Gasteiger partial charge in [0.1, 0.15) is 6.10 Å². The number of esters is 1. The fraction of sp³-hybridized carbons (Fsp3) is 0.810. The summed E-state index contributed by atoms with van der Waals surface area (Å²) < 4.78 is 5.50. The van der Waals surface area contributed by atoms with Gasteiger partial charge in [-0.25, -0.2) is 0 Å². The molecule has 0 amide bonds. The first kappa shape index (κ1) is 17.8. The van der Waals surface area contributed by atoms with Crippen LogP contribution in [-0.2, 0) is 14.3 Å². The summed E-state index contributed by atoms with van der Waals surface area (Å²) in [7, 11) is 0. The molecule has 0 spiro atoms. The zero-order valence-electron chi connectivity index (χ0n) is 15.5. The van der Waals surface area contributed by atoms with Crippen LogP contribution in [0.25, 0.3) is 0 Å². The summed E-state index contributed by atoms with van der Waals surface area (Å²) in [5.74, 6) is 2.10. The molecule has 7 atom stereocenters. The zero-order valence-corrected chi connectivity index (χ0v) is 17.1. The van der Waals surface area contributed by atoms with Gasteiger partial charge in [0.15, 0.2) is 5.78 Å². The fourth-order valence-corrected chi connectivity index (χ4v) is 7.64. The van der Waals surface area contributed by atoms with Gasteiger partial charge in [0.05, 0.1) is 4.83 Å². The normalized spacial score (nSPS) is 48.9. The number of hydrogen-bond acceptors (Lipinski definition) is 3. The summed E-state index contributed by atoms with van der Waals surface area (Å²) in [5.41, 5.74) is 1.62. The number of carbonyl (C=O) groups excluding carboxylic acids is 2. The Morgan fingerprint density at radius 2 is 1.92 bits per heavy atom. The van der Waals surface area contributed by atoms with E-state index in [1.165, 1.54) is 12.5 Å². The maximum absolute atomic E-state index is 12.7. The Bertz CT molecular complexity index is 641. The molecule has 0 aromatic carbocycles. The Labute approximate surface area is 159 Å². The van der Waals surface area contributed by atoms with Gasteiger partial charge in [0.2, 0.25) is 0 Å². The lowest BCUT2D eigenvalue weighted by atomic mass is 9.48. The molecule has 0 saturated heterocycles. The van der Waals surface area contributed by atoms with Crippen LogP contribution in [-0.4, -0.2) is 22.7 Å². The van der Waals surface area contributed by atoms with Gasteiger partial charge in [-0.1, -0.05) is 41.4 Å². The van der Waals surface area contributed by atoms with Crippen LogP contribution in [0.15, 0.2) is 11.6 Å². The molecule has 3 fully saturated rings. The number of ether oxygens (including phenoxy) is 1. The predicted molar refractivity (Wildman–Crippen MR) is 100 cm³/mol. The molecule has 4 rings (SSSR count). The lowest BCUT2D eigenvalue weighted by molar-refractivity contribution is -0.148. The van der Waals surface area contributed by atoms with Crippen molar-refractivity contribution in [2.45, 2.75) is 76.6 Å². The molecule has 4 heteroatoms. The molecule has 0 unspecified atom stereocenters. The van der Waals surface area contributed by atoms with Crippen molar-refractivity contribution in [2.75, 3.05) is 0 Å². The van der Waals surface area contributed by atoms with Crippen LogP contribution in [0.3, 0.4) is 0 Å². The van der Waals surface area contributed by atoms with E-state index < -0.39 is 0 Å². The second-order valence-corrected chi connectivity index (χ2v) is 10.4. The van der Waals surface area contributed by atoms with E-state index in [-0.39, 0.29) is 27.7 Å². The van der Waals surface area contributed by atoms with Crippen molar-refractivity contribution < 1.29 is 14.3 Å². The Morgan fingerprint density at radius 1 is 1.20 bits per heavy atom. The Morgan fingerprint density at radius 3 is 2.64 bits per heavy atom. The predicted octanol–water partition coefficient (Wildman–Crippen LogP) is 4.82. The second kappa shape index (κ2) is 5.94. The first-order chi connectivity index (χ1) is 11.8. The molecule has 0 bridgehead atoms. The highest BCUT2D eigenvalue weighted by atomic mass is 79.9. The lowest BCUT2D eigenvalue weighted by Gasteiger charge is -2.56. The number of rotatable bonds is 1. The molecule has 0 aromatic rings. The number of halogens is 1. The maximum Gasteiger partial charge on any atom is 0.302 e. The average molecular weight is 409 g/mol. The molecule has 4 aliphatic carbocycles. The topological polar surface area (TPSA) is 43.4 Å². The Balaban J connectivity index is 1.61. The summed E-state index contributed by atoms with van der Waals surface area (Å²) in [6.07, 6.45) is 9.77. The molecule has 138 valence electrons. The molecular formula is C21H29BrO3. The SMILES string of the molecule is CC(=O)O[C@H]1CC[C@]2(C)C(=CC[C@H]3[C@H]4C[C@H](Br)C(=O)[C@]4(C)CC[C@H]32)C1. The van der Waals surface area contributed by atoms with Crippen LogP contribution in [0.5, 0.6) is 0 Å². The molecule has 0 aromatic heterocycles. The van der Waals surface area contributed by atoms with Crippen molar-refractivity contribution in [2.24, 2.45) is 28.6 Å². The van der Waals surface area contributed by atoms with E-state index in [0.29, 0.717) is 23.5 Å². The summed E-state index contributed by atoms with van der Waals surface area (Å²) in [4.78, 5) is 24.1. The minimum Gasteiger partial charge on any atom is -0.462 e. The van der Waals surface area contributed by atoms with Gasteiger partial charge in [-0.2, -0.15) is 0 Å². The zero-order chi connectivity index (χ0) is 18.0. The number of ketones is 1. The van der Waals surface area contributed by atoms with E-state index in [4.69, 9.17) is 4.74 Å². The number of alkyl halides is 1. The van der Waals surface area contributed by atoms with Crippen LogP contribution in [0.2, 0.25) is 0 Å². The third-order valence-electron chi connectivity index (χ3n) is 8.09. The maximum atomic E-state index is 12.7. The van der Waals surface area contributed by atoms with Gasteiger partial charge in [0, 0.05) is 18.8 Å². The lowest BCUT2D eigenvalue weighted by Crippen LogP contribution is -2.50. The minimum atomic E-state index is -0.163. The quantitative estimate of drug-likeness (QED) is 0.354. The molecule has 0 aliphatic heterocycles. The third-order valence-corrected chi connectivity index (χ3v) is 8.88. The molecule has 25 heavy (non-hydrogen) atoms. The van der Waals surface area contributed by atoms with Crippen molar-refractivity contribution in [3.63, 3.8) is 0 Å². The number of fused-ring (bicyclic) bond motifs is 5. The number of hydrogen-bond donors (Lipinski definition) is 0. The van der Waals surface area contributed by atoms with E-state index in [1.54, 1.807) is 0 Å². The number of Topliss-reactive ketones (excluding diaryl/α,β-unsaturated/α-hetero) is 1. The van der Waals surface area contributed by atoms with Crippen molar-refractivity contribution >= 4 is 27.7 Å². The first-order valence-electron chi connectivity index (χ1n) is 9.81. The first-order valence-corrected chi connectivity index (χ1v) is 10.7. The minimum absolute atomic E-state index is 0.0548. The van der Waals surface area contributed by atoms with Crippen LogP contribution >= 0.6 is 15.9 Å². The highest BCUT2D eigenvalue weighted by Crippen LogP contribution is 2.64. The van der Waals surface area contributed by atoms with Crippen LogP contribution in [0, 0.1) is 28.6 Å². The van der Waals surface area contributed by atoms with Gasteiger partial charge in [-0.15, -0.1) is 0 Å². The van der Waals surface area contributed by atoms with E-state index in [9.17, 15) is 9.59 Å². The van der Waals surface area contributed by atoms with Crippen LogP contribution in [0.4, 0.5) is 0 Å². The Hall–Kier alpha value is -0.640. The van der Waals surface area contributed by atoms with E-state index in [2.05, 4.69) is 35.9 Å². The average Bonchev–Trinajstić information content (AvgIpc) is 2.78. The third kappa shape index (κ3) is 2.57. The van der Waals surface area contributed by atoms with Crippen LogP contribution in [0.1, 0.15) is 65.7 Å². The largest absolute Gasteiger partial charge is 0.462 e. The second-order valence-electron chi connectivity index (χ2n) is 9.26. The summed E-state index contributed by atoms with van der Waals surface area (Å²) >= 11 is 3.65. The van der Waals surface area contributed by atoms with Gasteiger partial charge in [-0.05, 0) is 61.7 Å². The number of allylic oxidation sites excluding steroid dienone is 1. The fourth-order valence-electron chi connectivity index (χ4n) is 6.71. The Kier molecular flexibility index (Phi) is 4.22. The monoisotopic (exact) mass is 408 g/mol. The molecule has 4 aliphatic rings. The molecule has 3 nitrogen and oxygen atoms in total. The van der Waals surface area contributed by atoms with Gasteiger partial charge >= 0.3 is 5.97 Å². The van der Waals surface area contributed by atoms with E-state index in [1.807, 2.05) is 0 Å². The summed E-state index contributed by atoms with van der Waals surface area (Å²) in [6.45, 7) is 6.16. The van der Waals surface area contributed by atoms with Gasteiger partial charge < -0.3 is 4.74 Å². The van der Waals surface area contributed by atoms with E-state index in [0.717, 1.165) is 44.9 Å². The molecule has 0 N–H and O–H groups in total. The highest BCUT2D eigenvalue weighted by molar-refractivity contribution is 9.10. The summed E-state index contributed by atoms with van der Waals surface area (Å²) in [6, 6.07) is 0. The molecule has 0 heterocycles. The standard InChI is InChI=1S/C21H29BrO3/c1-12(23)25-14-6-8-20(2)13(10-14)4-5-15-16(20)7-9-21(3)17(15)11-18(22)19(21)24/h4,14-18H,5-11H2,1-3H3/t14-,15+,16+,17+,18-,20+,21+/m0/s1. The van der Waals surface area contributed by atoms with Crippen molar-refractivity contribution in [3.8, 4) is 0 Å². The summed E-state index contributed by atoms with van der Waals surface area (Å²) in [5, 5.41) is 0. The smallest absolute Gasteiger partial charge is 0.302 e. The van der Waals surface area contributed by atoms with Gasteiger partial charge in [-0.3, -0.25) is 9.59 Å². The van der Waals surface area contributed by atoms with Crippen molar-refractivity contribution in [1.29, 1.82) is 0 Å².